The van der Waals surface area contributed by atoms with Gasteiger partial charge in [0.05, 0.1) is 12.6 Å². The van der Waals surface area contributed by atoms with Crippen LogP contribution in [0.4, 0.5) is 0 Å². The van der Waals surface area contributed by atoms with E-state index in [1.165, 1.54) is 11.1 Å². The maximum atomic E-state index is 12.3. The van der Waals surface area contributed by atoms with E-state index in [-0.39, 0.29) is 18.0 Å². The van der Waals surface area contributed by atoms with Crippen LogP contribution in [0.1, 0.15) is 49.8 Å². The molecule has 1 aromatic carbocycles. The first-order chi connectivity index (χ1) is 11.4. The van der Waals surface area contributed by atoms with Gasteiger partial charge in [0, 0.05) is 12.6 Å². The lowest BCUT2D eigenvalue weighted by molar-refractivity contribution is -0.122. The van der Waals surface area contributed by atoms with Crippen LogP contribution in [0.2, 0.25) is 0 Å². The first kappa shape index (κ1) is 18.1. The van der Waals surface area contributed by atoms with Crippen molar-refractivity contribution in [1.82, 2.24) is 25.0 Å². The Labute approximate surface area is 143 Å². The number of carbonyl (C=O) groups excluding carboxylic acids is 1. The Hall–Kier alpha value is -2.21. The molecule has 0 unspecified atom stereocenters. The van der Waals surface area contributed by atoms with Gasteiger partial charge in [-0.2, -0.15) is 0 Å². The summed E-state index contributed by atoms with van der Waals surface area (Å²) >= 11 is 0. The second-order valence-corrected chi connectivity index (χ2v) is 6.64. The molecule has 1 heterocycles. The minimum Gasteiger partial charge on any atom is -0.345 e. The van der Waals surface area contributed by atoms with Gasteiger partial charge in [-0.25, -0.2) is 0 Å². The van der Waals surface area contributed by atoms with Crippen molar-refractivity contribution in [2.45, 2.75) is 46.3 Å². The van der Waals surface area contributed by atoms with Crippen LogP contribution in [0.25, 0.3) is 0 Å². The highest BCUT2D eigenvalue weighted by molar-refractivity contribution is 5.78. The molecule has 0 aliphatic heterocycles. The highest BCUT2D eigenvalue weighted by atomic mass is 16.2. The van der Waals surface area contributed by atoms with Crippen LogP contribution in [0.5, 0.6) is 0 Å². The van der Waals surface area contributed by atoms with Gasteiger partial charge in [-0.15, -0.1) is 10.2 Å². The third-order valence-electron chi connectivity index (χ3n) is 3.91. The normalized spacial score (nSPS) is 12.6. The van der Waals surface area contributed by atoms with Crippen molar-refractivity contribution in [3.63, 3.8) is 0 Å². The third-order valence-corrected chi connectivity index (χ3v) is 3.91. The van der Waals surface area contributed by atoms with Crippen LogP contribution in [0, 0.1) is 6.92 Å². The van der Waals surface area contributed by atoms with E-state index >= 15 is 0 Å². The van der Waals surface area contributed by atoms with Gasteiger partial charge in [-0.1, -0.05) is 29.8 Å². The summed E-state index contributed by atoms with van der Waals surface area (Å²) in [6.07, 6.45) is 1.70. The summed E-state index contributed by atoms with van der Waals surface area (Å²) < 4.78 is 1.97. The van der Waals surface area contributed by atoms with E-state index in [0.717, 1.165) is 12.4 Å². The van der Waals surface area contributed by atoms with Crippen LogP contribution in [-0.4, -0.2) is 39.2 Å². The summed E-state index contributed by atoms with van der Waals surface area (Å²) in [4.78, 5) is 14.3. The van der Waals surface area contributed by atoms with Gasteiger partial charge in [-0.3, -0.25) is 9.69 Å². The van der Waals surface area contributed by atoms with Crippen molar-refractivity contribution in [2.75, 3.05) is 13.6 Å². The minimum atomic E-state index is -0.171. The molecule has 1 atom stereocenters. The maximum Gasteiger partial charge on any atom is 0.234 e. The molecular formula is C18H27N5O. The number of hydrogen-bond donors (Lipinski definition) is 1. The minimum absolute atomic E-state index is 0.0181. The molecule has 0 radical (unpaired) electrons. The molecule has 0 saturated carbocycles. The van der Waals surface area contributed by atoms with Crippen LogP contribution < -0.4 is 5.32 Å². The fourth-order valence-electron chi connectivity index (χ4n) is 2.62. The topological polar surface area (TPSA) is 63.1 Å². The second kappa shape index (κ2) is 8.06. The smallest absolute Gasteiger partial charge is 0.234 e. The molecule has 6 heteroatoms. The monoisotopic (exact) mass is 329 g/mol. The van der Waals surface area contributed by atoms with Crippen LogP contribution in [0.15, 0.2) is 30.6 Å². The lowest BCUT2D eigenvalue weighted by Gasteiger charge is -2.20. The molecule has 2 rings (SSSR count). The SMILES string of the molecule is Cc1ccc(CN(C)CC(=O)N[C@@H](C)c2nncn2C(C)C)cc1. The fraction of sp³-hybridized carbons (Fsp3) is 0.500. The predicted octanol–water partition coefficient (Wildman–Crippen LogP) is 2.48. The zero-order chi connectivity index (χ0) is 17.7. The molecule has 0 spiro atoms. The Morgan fingerprint density at radius 3 is 2.54 bits per heavy atom. The lowest BCUT2D eigenvalue weighted by atomic mass is 10.1. The highest BCUT2D eigenvalue weighted by Gasteiger charge is 2.17. The average Bonchev–Trinajstić information content (AvgIpc) is 2.99. The summed E-state index contributed by atoms with van der Waals surface area (Å²) in [5, 5.41) is 11.1. The number of rotatable bonds is 7. The van der Waals surface area contributed by atoms with Crippen molar-refractivity contribution >= 4 is 5.91 Å². The number of nitrogens with one attached hydrogen (secondary N) is 1. The number of aryl methyl sites for hydroxylation is 1. The molecule has 24 heavy (non-hydrogen) atoms. The van der Waals surface area contributed by atoms with E-state index < -0.39 is 0 Å². The van der Waals surface area contributed by atoms with Gasteiger partial charge >= 0.3 is 0 Å². The summed E-state index contributed by atoms with van der Waals surface area (Å²) in [6.45, 7) is 9.21. The number of likely N-dealkylation sites (N-methyl/N-ethyl adjacent to an activating group) is 1. The van der Waals surface area contributed by atoms with E-state index in [2.05, 4.69) is 60.6 Å². The zero-order valence-electron chi connectivity index (χ0n) is 15.2. The van der Waals surface area contributed by atoms with E-state index in [1.807, 2.05) is 23.4 Å². The number of aromatic nitrogens is 3. The molecular weight excluding hydrogens is 302 g/mol. The van der Waals surface area contributed by atoms with Gasteiger partial charge in [0.1, 0.15) is 6.33 Å². The molecule has 0 aliphatic carbocycles. The lowest BCUT2D eigenvalue weighted by Crippen LogP contribution is -2.37. The number of nitrogens with zero attached hydrogens (tertiary/aromatic N) is 4. The molecule has 0 aliphatic rings. The molecule has 2 aromatic rings. The van der Waals surface area contributed by atoms with Crippen molar-refractivity contribution in [1.29, 1.82) is 0 Å². The fourth-order valence-corrected chi connectivity index (χ4v) is 2.62. The standard InChI is InChI=1S/C18H27N5O/c1-13(2)23-12-19-21-18(23)15(4)20-17(24)11-22(5)10-16-8-6-14(3)7-9-16/h6-9,12-13,15H,10-11H2,1-5H3,(H,20,24)/t15-/m0/s1. The Balaban J connectivity index is 1.87. The zero-order valence-corrected chi connectivity index (χ0v) is 15.2. The average molecular weight is 329 g/mol. The van der Waals surface area contributed by atoms with E-state index in [9.17, 15) is 4.79 Å². The van der Waals surface area contributed by atoms with Gasteiger partial charge < -0.3 is 9.88 Å². The number of amides is 1. The van der Waals surface area contributed by atoms with Crippen molar-refractivity contribution in [2.24, 2.45) is 0 Å². The van der Waals surface area contributed by atoms with Crippen molar-refractivity contribution in [3.05, 3.63) is 47.5 Å². The number of benzene rings is 1. The second-order valence-electron chi connectivity index (χ2n) is 6.64. The molecule has 6 nitrogen and oxygen atoms in total. The van der Waals surface area contributed by atoms with Crippen molar-refractivity contribution in [3.8, 4) is 0 Å². The van der Waals surface area contributed by atoms with E-state index in [1.54, 1.807) is 6.33 Å². The molecule has 0 bridgehead atoms. The first-order valence-electron chi connectivity index (χ1n) is 8.29. The van der Waals surface area contributed by atoms with Crippen LogP contribution >= 0.6 is 0 Å². The summed E-state index contributed by atoms with van der Waals surface area (Å²) in [6, 6.07) is 8.46. The van der Waals surface area contributed by atoms with Gasteiger partial charge in [0.25, 0.3) is 0 Å². The largest absolute Gasteiger partial charge is 0.345 e. The number of carbonyl (C=O) groups is 1. The molecule has 0 saturated heterocycles. The summed E-state index contributed by atoms with van der Waals surface area (Å²) in [5.41, 5.74) is 2.44. The molecule has 130 valence electrons. The van der Waals surface area contributed by atoms with E-state index in [4.69, 9.17) is 0 Å². The molecule has 1 amide bonds. The van der Waals surface area contributed by atoms with Gasteiger partial charge in [0.15, 0.2) is 5.82 Å². The molecule has 1 N–H and O–H groups in total. The Kier molecular flexibility index (Phi) is 6.09. The predicted molar refractivity (Wildman–Crippen MR) is 94.5 cm³/mol. The Morgan fingerprint density at radius 2 is 1.92 bits per heavy atom. The molecule has 0 fully saturated rings. The Morgan fingerprint density at radius 1 is 1.25 bits per heavy atom. The quantitative estimate of drug-likeness (QED) is 0.847. The first-order valence-corrected chi connectivity index (χ1v) is 8.29. The van der Waals surface area contributed by atoms with Crippen LogP contribution in [0.3, 0.4) is 0 Å². The van der Waals surface area contributed by atoms with Crippen molar-refractivity contribution < 1.29 is 4.79 Å². The highest BCUT2D eigenvalue weighted by Crippen LogP contribution is 2.14. The van der Waals surface area contributed by atoms with E-state index in [0.29, 0.717) is 6.54 Å². The third kappa shape index (κ3) is 4.89. The summed E-state index contributed by atoms with van der Waals surface area (Å²) in [5.74, 6) is 0.759. The number of hydrogen-bond acceptors (Lipinski definition) is 4. The van der Waals surface area contributed by atoms with Gasteiger partial charge in [-0.05, 0) is 40.3 Å². The van der Waals surface area contributed by atoms with Crippen LogP contribution in [-0.2, 0) is 11.3 Å². The Bertz CT molecular complexity index is 662. The summed E-state index contributed by atoms with van der Waals surface area (Å²) in [7, 11) is 1.95. The van der Waals surface area contributed by atoms with Gasteiger partial charge in [0.2, 0.25) is 5.91 Å². The molecule has 1 aromatic heterocycles. The maximum absolute atomic E-state index is 12.3.